The van der Waals surface area contributed by atoms with Crippen molar-refractivity contribution in [3.8, 4) is 5.69 Å². The van der Waals surface area contributed by atoms with Crippen molar-refractivity contribution in [2.45, 2.75) is 25.8 Å². The van der Waals surface area contributed by atoms with Crippen LogP contribution in [-0.2, 0) is 0 Å². The van der Waals surface area contributed by atoms with Gasteiger partial charge in [-0.2, -0.15) is 5.10 Å². The third-order valence-electron chi connectivity index (χ3n) is 3.16. The van der Waals surface area contributed by atoms with Crippen LogP contribution in [0.1, 0.15) is 30.3 Å². The number of halogens is 2. The highest BCUT2D eigenvalue weighted by Gasteiger charge is 2.16. The number of aliphatic hydroxyl groups is 1. The first kappa shape index (κ1) is 16.1. The van der Waals surface area contributed by atoms with E-state index in [0.717, 1.165) is 16.8 Å². The largest absolute Gasteiger partial charge is 0.396 e. The van der Waals surface area contributed by atoms with E-state index in [1.54, 1.807) is 6.92 Å². The second-order valence-corrected chi connectivity index (χ2v) is 4.96. The molecule has 2 N–H and O–H groups in total. The molecule has 22 heavy (non-hydrogen) atoms. The number of nitrogens with one attached hydrogen (secondary N) is 1. The molecule has 5 nitrogen and oxygen atoms in total. The lowest BCUT2D eigenvalue weighted by molar-refractivity contribution is 0.0931. The van der Waals surface area contributed by atoms with Gasteiger partial charge in [0.1, 0.15) is 5.69 Å². The minimum Gasteiger partial charge on any atom is -0.396 e. The standard InChI is InChI=1S/C15H17F2N3O2/c1-10(4-3-9-21)18-15(22)13-7-8-20(19-13)14-11(16)5-2-6-12(14)17/h2,5-8,10,21H,3-4,9H2,1H3,(H,18,22). The third kappa shape index (κ3) is 3.67. The topological polar surface area (TPSA) is 67.2 Å². The number of hydrogen-bond acceptors (Lipinski definition) is 3. The lowest BCUT2D eigenvalue weighted by atomic mass is 10.2. The maximum atomic E-state index is 13.7. The molecule has 0 aliphatic heterocycles. The second kappa shape index (κ2) is 7.13. The average Bonchev–Trinajstić information content (AvgIpc) is 2.94. The van der Waals surface area contributed by atoms with Gasteiger partial charge in [-0.1, -0.05) is 6.07 Å². The highest BCUT2D eigenvalue weighted by atomic mass is 19.1. The molecule has 0 saturated heterocycles. The van der Waals surface area contributed by atoms with Crippen molar-refractivity contribution in [3.05, 3.63) is 47.8 Å². The van der Waals surface area contributed by atoms with E-state index in [1.807, 2.05) is 0 Å². The Balaban J connectivity index is 2.13. The van der Waals surface area contributed by atoms with Crippen LogP contribution in [0.2, 0.25) is 0 Å². The van der Waals surface area contributed by atoms with Gasteiger partial charge in [-0.25, -0.2) is 13.5 Å². The maximum absolute atomic E-state index is 13.7. The molecule has 2 rings (SSSR count). The molecule has 0 saturated carbocycles. The molecule has 0 fully saturated rings. The smallest absolute Gasteiger partial charge is 0.271 e. The van der Waals surface area contributed by atoms with Crippen LogP contribution in [0, 0.1) is 11.6 Å². The Kier molecular flexibility index (Phi) is 5.21. The van der Waals surface area contributed by atoms with Gasteiger partial charge in [-0.15, -0.1) is 0 Å². The molecule has 1 atom stereocenters. The minimum absolute atomic E-state index is 0.0569. The summed E-state index contributed by atoms with van der Waals surface area (Å²) in [4.78, 5) is 12.0. The predicted molar refractivity (Wildman–Crippen MR) is 76.7 cm³/mol. The molecule has 0 radical (unpaired) electrons. The Morgan fingerprint density at radius 2 is 2.05 bits per heavy atom. The molecule has 1 aromatic carbocycles. The van der Waals surface area contributed by atoms with Gasteiger partial charge < -0.3 is 10.4 Å². The first-order valence-electron chi connectivity index (χ1n) is 6.94. The Bertz CT molecular complexity index is 638. The summed E-state index contributed by atoms with van der Waals surface area (Å²) in [5.41, 5.74) is -0.256. The number of aliphatic hydroxyl groups excluding tert-OH is 1. The van der Waals surface area contributed by atoms with Crippen molar-refractivity contribution in [3.63, 3.8) is 0 Å². The lowest BCUT2D eigenvalue weighted by Crippen LogP contribution is -2.33. The van der Waals surface area contributed by atoms with Crippen LogP contribution in [-0.4, -0.2) is 33.4 Å². The molecule has 1 unspecified atom stereocenters. The van der Waals surface area contributed by atoms with Gasteiger partial charge in [-0.05, 0) is 38.0 Å². The van der Waals surface area contributed by atoms with Gasteiger partial charge in [-0.3, -0.25) is 4.79 Å². The van der Waals surface area contributed by atoms with Crippen LogP contribution in [0.25, 0.3) is 5.69 Å². The molecule has 0 spiro atoms. The van der Waals surface area contributed by atoms with E-state index in [9.17, 15) is 13.6 Å². The molecule has 2 aromatic rings. The first-order chi connectivity index (χ1) is 10.5. The summed E-state index contributed by atoms with van der Waals surface area (Å²) in [5, 5.41) is 15.4. The summed E-state index contributed by atoms with van der Waals surface area (Å²) in [6.07, 6.45) is 2.54. The number of carbonyl (C=O) groups is 1. The van der Waals surface area contributed by atoms with Crippen molar-refractivity contribution >= 4 is 5.91 Å². The maximum Gasteiger partial charge on any atom is 0.271 e. The van der Waals surface area contributed by atoms with Gasteiger partial charge >= 0.3 is 0 Å². The molecular weight excluding hydrogens is 292 g/mol. The van der Waals surface area contributed by atoms with Crippen molar-refractivity contribution in [1.29, 1.82) is 0 Å². The number of nitrogens with zero attached hydrogens (tertiary/aromatic N) is 2. The predicted octanol–water partition coefficient (Wildman–Crippen LogP) is 2.04. The molecule has 118 valence electrons. The summed E-state index contributed by atoms with van der Waals surface area (Å²) < 4.78 is 28.3. The third-order valence-corrected chi connectivity index (χ3v) is 3.16. The molecular formula is C15H17F2N3O2. The highest BCUT2D eigenvalue weighted by Crippen LogP contribution is 2.16. The Morgan fingerprint density at radius 1 is 1.36 bits per heavy atom. The molecule has 0 bridgehead atoms. The Morgan fingerprint density at radius 3 is 2.68 bits per heavy atom. The number of rotatable bonds is 6. The van der Waals surface area contributed by atoms with E-state index in [0.29, 0.717) is 12.8 Å². The molecule has 0 aliphatic carbocycles. The number of amides is 1. The van der Waals surface area contributed by atoms with Gasteiger partial charge in [0.15, 0.2) is 17.3 Å². The van der Waals surface area contributed by atoms with Crippen LogP contribution in [0.5, 0.6) is 0 Å². The molecule has 7 heteroatoms. The minimum atomic E-state index is -0.758. The Labute approximate surface area is 126 Å². The van der Waals surface area contributed by atoms with Gasteiger partial charge in [0, 0.05) is 18.8 Å². The fourth-order valence-corrected chi connectivity index (χ4v) is 2.04. The molecule has 0 aliphatic rings. The number of hydrogen-bond donors (Lipinski definition) is 2. The molecule has 1 aromatic heterocycles. The number of para-hydroxylation sites is 1. The van der Waals surface area contributed by atoms with E-state index >= 15 is 0 Å². The van der Waals surface area contributed by atoms with E-state index in [1.165, 1.54) is 18.3 Å². The summed E-state index contributed by atoms with van der Waals surface area (Å²) in [6, 6.07) is 4.76. The first-order valence-corrected chi connectivity index (χ1v) is 6.94. The van der Waals surface area contributed by atoms with E-state index < -0.39 is 17.5 Å². The van der Waals surface area contributed by atoms with Crippen molar-refractivity contribution in [2.24, 2.45) is 0 Å². The van der Waals surface area contributed by atoms with Crippen LogP contribution < -0.4 is 5.32 Å². The fraction of sp³-hybridized carbons (Fsp3) is 0.333. The summed E-state index contributed by atoms with van der Waals surface area (Å²) >= 11 is 0. The van der Waals surface area contributed by atoms with E-state index in [2.05, 4.69) is 10.4 Å². The summed E-state index contributed by atoms with van der Waals surface area (Å²) in [7, 11) is 0. The number of carbonyl (C=O) groups excluding carboxylic acids is 1. The van der Waals surface area contributed by atoms with Gasteiger partial charge in [0.2, 0.25) is 0 Å². The van der Waals surface area contributed by atoms with Gasteiger partial charge in [0.05, 0.1) is 0 Å². The lowest BCUT2D eigenvalue weighted by Gasteiger charge is -2.11. The second-order valence-electron chi connectivity index (χ2n) is 4.96. The van der Waals surface area contributed by atoms with Crippen LogP contribution >= 0.6 is 0 Å². The summed E-state index contributed by atoms with van der Waals surface area (Å²) in [6.45, 7) is 1.86. The SMILES string of the molecule is CC(CCCO)NC(=O)c1ccn(-c2c(F)cccc2F)n1. The van der Waals surface area contributed by atoms with Crippen molar-refractivity contribution in [1.82, 2.24) is 15.1 Å². The van der Waals surface area contributed by atoms with E-state index in [-0.39, 0.29) is 24.0 Å². The molecule has 1 heterocycles. The van der Waals surface area contributed by atoms with Crippen LogP contribution in [0.15, 0.2) is 30.5 Å². The van der Waals surface area contributed by atoms with Crippen molar-refractivity contribution in [2.75, 3.05) is 6.61 Å². The van der Waals surface area contributed by atoms with E-state index in [4.69, 9.17) is 5.11 Å². The normalized spacial score (nSPS) is 12.2. The zero-order valence-corrected chi connectivity index (χ0v) is 12.1. The van der Waals surface area contributed by atoms with Crippen molar-refractivity contribution < 1.29 is 18.7 Å². The number of benzene rings is 1. The fourth-order valence-electron chi connectivity index (χ4n) is 2.04. The van der Waals surface area contributed by atoms with Crippen LogP contribution in [0.4, 0.5) is 8.78 Å². The summed E-state index contributed by atoms with van der Waals surface area (Å²) in [5.74, 6) is -1.95. The van der Waals surface area contributed by atoms with Crippen LogP contribution in [0.3, 0.4) is 0 Å². The Hall–Kier alpha value is -2.28. The number of aromatic nitrogens is 2. The van der Waals surface area contributed by atoms with Gasteiger partial charge in [0.25, 0.3) is 5.91 Å². The molecule has 1 amide bonds. The zero-order valence-electron chi connectivity index (χ0n) is 12.1. The monoisotopic (exact) mass is 309 g/mol. The highest BCUT2D eigenvalue weighted by molar-refractivity contribution is 5.92. The average molecular weight is 309 g/mol. The zero-order chi connectivity index (χ0) is 16.1. The quantitative estimate of drug-likeness (QED) is 0.858.